The van der Waals surface area contributed by atoms with Gasteiger partial charge >= 0.3 is 0 Å². The van der Waals surface area contributed by atoms with E-state index in [1.807, 2.05) is 93.0 Å². The Bertz CT molecular complexity index is 8000. The molecule has 0 fully saturated rings. The number of anilines is 2. The molecule has 0 unspecified atom stereocenters. The number of methoxy groups -OCH3 is 1. The summed E-state index contributed by atoms with van der Waals surface area (Å²) in [5.74, 6) is 1.60. The predicted octanol–water partition coefficient (Wildman–Crippen LogP) is 19.5. The lowest BCUT2D eigenvalue weighted by Crippen LogP contribution is -2.14. The number of nitrogens with one attached hydrogen (secondary N) is 8. The van der Waals surface area contributed by atoms with Crippen molar-refractivity contribution in [3.8, 4) is 68.1 Å². The Balaban J connectivity index is 0.000000117. The lowest BCUT2D eigenvalue weighted by molar-refractivity contribution is -0.116. The van der Waals surface area contributed by atoms with Gasteiger partial charge in [0.05, 0.1) is 41.1 Å². The number of aryl methyl sites for hydroxylation is 5. The van der Waals surface area contributed by atoms with Crippen LogP contribution in [0.3, 0.4) is 0 Å². The molecule has 15 aromatic heterocycles. The second kappa shape index (κ2) is 40.1. The fraction of sp³-hybridized carbons (Fsp3) is 0.0833. The van der Waals surface area contributed by atoms with Gasteiger partial charge in [-0.1, -0.05) is 97.6 Å². The Morgan fingerprint density at radius 1 is 0.433 bits per heavy atom. The zero-order valence-corrected chi connectivity index (χ0v) is 72.7. The van der Waals surface area contributed by atoms with E-state index in [-0.39, 0.29) is 52.6 Å². The molecule has 0 spiro atoms. The van der Waals surface area contributed by atoms with Gasteiger partial charge in [0.15, 0.2) is 11.6 Å². The molecule has 0 aliphatic heterocycles. The van der Waals surface area contributed by atoms with Gasteiger partial charge in [-0.25, -0.2) is 61.2 Å². The molecule has 0 saturated heterocycles. The Labute approximate surface area is 760 Å². The first-order valence-electron chi connectivity index (χ1n) is 40.8. The molecule has 8 N–H and O–H groups in total. The molecule has 0 radical (unpaired) electrons. The minimum absolute atomic E-state index is 0.0223. The van der Waals surface area contributed by atoms with Crippen molar-refractivity contribution in [3.63, 3.8) is 0 Å². The smallest absolute Gasteiger partial charge is 0.270 e. The van der Waals surface area contributed by atoms with Crippen LogP contribution >= 0.6 is 11.3 Å². The van der Waals surface area contributed by atoms with Crippen molar-refractivity contribution in [2.75, 3.05) is 17.7 Å². The third kappa shape index (κ3) is 21.2. The summed E-state index contributed by atoms with van der Waals surface area (Å²) in [6.07, 6.45) is 7.56. The zero-order valence-electron chi connectivity index (χ0n) is 71.9. The maximum atomic E-state index is 13.5. The highest BCUT2D eigenvalue weighted by Gasteiger charge is 2.22. The number of aromatic amines is 5. The van der Waals surface area contributed by atoms with E-state index in [2.05, 4.69) is 122 Å². The van der Waals surface area contributed by atoms with Crippen molar-refractivity contribution in [1.29, 1.82) is 5.41 Å². The molecule has 15 heterocycles. The lowest BCUT2D eigenvalue weighted by Gasteiger charge is -2.03. The Kier molecular flexibility index (Phi) is 26.8. The van der Waals surface area contributed by atoms with Gasteiger partial charge in [-0.3, -0.25) is 54.5 Å². The molecule has 0 saturated carbocycles. The number of amides is 2. The summed E-state index contributed by atoms with van der Waals surface area (Å²) in [5.41, 5.74) is 18.4. The van der Waals surface area contributed by atoms with E-state index >= 15 is 0 Å². The zero-order chi connectivity index (χ0) is 93.6. The van der Waals surface area contributed by atoms with Crippen molar-refractivity contribution in [2.24, 2.45) is 21.1 Å². The number of hydrogen-bond acceptors (Lipinski definition) is 21. The number of fused-ring (bicyclic) bond motifs is 6. The quantitative estimate of drug-likeness (QED) is 0.0204. The van der Waals surface area contributed by atoms with E-state index in [4.69, 9.17) is 16.7 Å². The molecule has 21 rings (SSSR count). The van der Waals surface area contributed by atoms with Gasteiger partial charge in [0.25, 0.3) is 5.82 Å². The summed E-state index contributed by atoms with van der Waals surface area (Å²) in [5, 5.41) is 63.5. The molecule has 664 valence electrons. The van der Waals surface area contributed by atoms with Gasteiger partial charge in [0.2, 0.25) is 23.2 Å². The van der Waals surface area contributed by atoms with E-state index in [1.165, 1.54) is 86.8 Å². The standard InChI is InChI=1S/C20H15FN4OS.C16H13FN6.C16H13FN4O.C15H11FN6.C15H13FN4O.C14H9FN4/c21-14-6-3-13(4-7-14)5-8-16-20-17(25-24-16)9-10-18(23-20)22-19(26)12-15-2-1-11-27-15;1-9-18-16(21-20-9)12-6-7-13-15(19-12)14(22-23(13)2)10-4-3-5-11(17)8-10;1-10(22)18-15-9-8-14-16(19-15)13(20-21-14)7-4-11-2-5-12(17)6-3-11;1-8-17-15(22-19-8)12-6-5-11-14(18-12)13(21-20-11)9-3-2-4-10(16)7-9;1-20-12-7-6-11(15(17)21-2)18-14(12)13(19-20)9-4-3-5-10(16)8-9;1-16-12-7-6-11-14(17-12)13(18-19(11)2)9-4-3-5-10(15)8-9/h1-11H,12H2,(H,24,25)(H,22,23,26);3-8H,1-2H3,(H,18,20,21);2-9H,1H3,(H,20,21)(H,18,19,22);2-7H,1H3,(H,20,21)(H,17,19,22);3-8,17H,1-2H3;3-8H,2H3/b8-5+;;7-4+;;;. The molecule has 2 amide bonds. The largest absolute Gasteiger partial charge is 0.480 e. The summed E-state index contributed by atoms with van der Waals surface area (Å²) in [6.45, 7) is 12.1. The molecule has 31 nitrogen and oxygen atoms in total. The number of hydrogen-bond donors (Lipinski definition) is 8. The van der Waals surface area contributed by atoms with Gasteiger partial charge in [-0.15, -0.1) is 16.3 Å². The van der Waals surface area contributed by atoms with Crippen LogP contribution in [-0.4, -0.2) is 145 Å². The summed E-state index contributed by atoms with van der Waals surface area (Å²) in [4.78, 5) is 62.9. The first-order valence-corrected chi connectivity index (χ1v) is 41.6. The van der Waals surface area contributed by atoms with Crippen LogP contribution < -0.4 is 10.6 Å². The van der Waals surface area contributed by atoms with E-state index in [1.54, 1.807) is 155 Å². The van der Waals surface area contributed by atoms with Crippen molar-refractivity contribution in [2.45, 2.75) is 27.2 Å². The Morgan fingerprint density at radius 3 is 1.31 bits per heavy atom. The van der Waals surface area contributed by atoms with Gasteiger partial charge in [0, 0.05) is 55.2 Å². The number of thiophene rings is 1. The molecule has 0 aliphatic rings. The van der Waals surface area contributed by atoms with Crippen LogP contribution in [-0.2, 0) is 41.9 Å². The number of pyridine rings is 6. The first kappa shape index (κ1) is 89.4. The van der Waals surface area contributed by atoms with Gasteiger partial charge < -0.3 is 20.2 Å². The number of ether oxygens (including phenoxy) is 1. The second-order valence-electron chi connectivity index (χ2n) is 29.6. The fourth-order valence-electron chi connectivity index (χ4n) is 13.7. The summed E-state index contributed by atoms with van der Waals surface area (Å²) >= 11 is 1.54. The number of benzene rings is 6. The summed E-state index contributed by atoms with van der Waals surface area (Å²) in [7, 11) is 6.85. The number of rotatable bonds is 15. The monoisotopic (exact) mass is 1810 g/mol. The molecule has 21 aromatic rings. The van der Waals surface area contributed by atoms with Crippen molar-refractivity contribution in [3.05, 3.63) is 327 Å². The minimum Gasteiger partial charge on any atom is -0.480 e. The number of aromatic nitrogens is 24. The average Bonchev–Trinajstić information content (AvgIpc) is 1.65. The average molecular weight is 1810 g/mol. The Morgan fingerprint density at radius 2 is 0.858 bits per heavy atom. The fourth-order valence-corrected chi connectivity index (χ4v) is 14.4. The number of halogens is 6. The van der Waals surface area contributed by atoms with Gasteiger partial charge in [-0.2, -0.15) is 40.8 Å². The Hall–Kier alpha value is -18.0. The molecule has 134 heavy (non-hydrogen) atoms. The van der Waals surface area contributed by atoms with Crippen LogP contribution in [0.5, 0.6) is 0 Å². The predicted molar refractivity (Wildman–Crippen MR) is 501 cm³/mol. The maximum absolute atomic E-state index is 13.5. The summed E-state index contributed by atoms with van der Waals surface area (Å²) in [6, 6.07) is 62.7. The topological polar surface area (TPSA) is 396 Å². The summed E-state index contributed by atoms with van der Waals surface area (Å²) < 4.78 is 89.5. The van der Waals surface area contributed by atoms with E-state index < -0.39 is 0 Å². The van der Waals surface area contributed by atoms with Crippen molar-refractivity contribution >= 4 is 137 Å². The van der Waals surface area contributed by atoms with Crippen LogP contribution in [0.25, 0.3) is 163 Å². The third-order valence-electron chi connectivity index (χ3n) is 20.0. The highest BCUT2D eigenvalue weighted by atomic mass is 32.1. The maximum Gasteiger partial charge on any atom is 0.270 e. The molecule has 6 aromatic carbocycles. The lowest BCUT2D eigenvalue weighted by atomic mass is 10.1. The number of carbonyl (C=O) groups excluding carboxylic acids is 2. The van der Waals surface area contributed by atoms with Crippen LogP contribution in [0.1, 0.15) is 51.7 Å². The molecular weight excluding hydrogens is 1740 g/mol. The normalized spacial score (nSPS) is 11.1. The van der Waals surface area contributed by atoms with Gasteiger partial charge in [-0.05, 0) is 194 Å². The van der Waals surface area contributed by atoms with Crippen LogP contribution in [0, 0.1) is 60.7 Å². The van der Waals surface area contributed by atoms with Crippen LogP contribution in [0.2, 0.25) is 0 Å². The van der Waals surface area contributed by atoms with E-state index in [9.17, 15) is 35.9 Å². The van der Waals surface area contributed by atoms with E-state index in [0.29, 0.717) is 142 Å². The number of H-pyrrole nitrogens is 5. The molecule has 0 bridgehead atoms. The highest BCUT2D eigenvalue weighted by molar-refractivity contribution is 7.10. The van der Waals surface area contributed by atoms with E-state index in [0.717, 1.165) is 60.8 Å². The SMILES string of the molecule is CC(=O)Nc1ccc2[nH]nc(/C=C/c3ccc(F)cc3)c2n1.COC(=N)c1ccc2c(n1)c(-c1cccc(F)c1)nn2C.Cc1nc(-c2ccc3[nH]nc(-c4cccc(F)c4)c3n2)n[nH]1.Cc1nc(-c2ccc3c(n2)c(-c2cccc(F)c2)nn3C)n[nH]1.O=C(Cc1cccs1)Nc1ccc2[nH]nc(/C=C/c3ccc(F)cc3)c2n1.[C-]#[N+]c1ccc2c(n1)c(-c1cccc(F)c1)nn2C. The van der Waals surface area contributed by atoms with Gasteiger partial charge in [0.1, 0.15) is 143 Å². The minimum atomic E-state index is -0.327. The molecule has 0 aliphatic carbocycles. The number of nitrogens with zero attached hydrogens (tertiary/aromatic N) is 20. The second-order valence-corrected chi connectivity index (χ2v) is 30.6. The number of carbonyl (C=O) groups is 2. The van der Waals surface area contributed by atoms with Crippen LogP contribution in [0.15, 0.2) is 236 Å². The molecule has 38 heteroatoms. The molecule has 0 atom stereocenters. The molecular formula is C96H74F6N28O3S. The van der Waals surface area contributed by atoms with Crippen LogP contribution in [0.4, 0.5) is 43.8 Å². The first-order chi connectivity index (χ1) is 64.9. The van der Waals surface area contributed by atoms with Crippen molar-refractivity contribution < 1.29 is 40.7 Å². The van der Waals surface area contributed by atoms with Crippen molar-refractivity contribution in [1.82, 2.24) is 120 Å². The highest BCUT2D eigenvalue weighted by Crippen LogP contribution is 2.34. The third-order valence-corrected chi connectivity index (χ3v) is 20.9.